The molecule has 80 valence electrons. The molecule has 2 rings (SSSR count). The third-order valence-corrected chi connectivity index (χ3v) is 3.16. The van der Waals surface area contributed by atoms with Crippen molar-refractivity contribution >= 4 is 5.57 Å². The number of hydrogen-bond donors (Lipinski definition) is 2. The summed E-state index contributed by atoms with van der Waals surface area (Å²) in [4.78, 5) is 0. The normalized spacial score (nSPS) is 15.0. The van der Waals surface area contributed by atoms with E-state index in [0.29, 0.717) is 12.3 Å². The molecule has 15 heavy (non-hydrogen) atoms. The topological polar surface area (TPSA) is 46.2 Å². The van der Waals surface area contributed by atoms with Crippen LogP contribution in [0.2, 0.25) is 0 Å². The standard InChI is InChI=1S/C13H17NO/c1-13(2,8-14)10-7-6-9-4-3-5-11(15)12(9)10/h3-5,7,15H,6,8,14H2,1-2H3. The summed E-state index contributed by atoms with van der Waals surface area (Å²) in [5.41, 5.74) is 9.08. The zero-order valence-corrected chi connectivity index (χ0v) is 9.25. The van der Waals surface area contributed by atoms with Crippen LogP contribution < -0.4 is 5.73 Å². The van der Waals surface area contributed by atoms with Gasteiger partial charge in [0.15, 0.2) is 0 Å². The van der Waals surface area contributed by atoms with Gasteiger partial charge >= 0.3 is 0 Å². The van der Waals surface area contributed by atoms with Gasteiger partial charge in [-0.1, -0.05) is 32.1 Å². The lowest BCUT2D eigenvalue weighted by molar-refractivity contribution is 0.466. The average Bonchev–Trinajstić information content (AvgIpc) is 2.63. The van der Waals surface area contributed by atoms with Crippen LogP contribution in [-0.4, -0.2) is 11.7 Å². The second-order valence-corrected chi connectivity index (χ2v) is 4.72. The second-order valence-electron chi connectivity index (χ2n) is 4.72. The number of phenols is 1. The lowest BCUT2D eigenvalue weighted by atomic mass is 9.81. The fraction of sp³-hybridized carbons (Fsp3) is 0.385. The number of fused-ring (bicyclic) bond motifs is 1. The maximum atomic E-state index is 9.88. The van der Waals surface area contributed by atoms with E-state index in [2.05, 4.69) is 26.0 Å². The zero-order valence-electron chi connectivity index (χ0n) is 9.25. The van der Waals surface area contributed by atoms with Crippen LogP contribution in [0, 0.1) is 5.41 Å². The number of allylic oxidation sites excluding steroid dienone is 1. The van der Waals surface area contributed by atoms with Crippen LogP contribution in [0.1, 0.15) is 25.0 Å². The summed E-state index contributed by atoms with van der Waals surface area (Å²) in [7, 11) is 0. The first-order chi connectivity index (χ1) is 7.06. The third kappa shape index (κ3) is 1.55. The highest BCUT2D eigenvalue weighted by molar-refractivity contribution is 5.80. The molecule has 1 aromatic carbocycles. The van der Waals surface area contributed by atoms with Gasteiger partial charge in [0.1, 0.15) is 5.75 Å². The van der Waals surface area contributed by atoms with Crippen molar-refractivity contribution in [1.29, 1.82) is 0 Å². The van der Waals surface area contributed by atoms with Crippen molar-refractivity contribution in [2.24, 2.45) is 11.1 Å². The van der Waals surface area contributed by atoms with Crippen molar-refractivity contribution in [3.05, 3.63) is 35.4 Å². The predicted molar refractivity (Wildman–Crippen MR) is 62.6 cm³/mol. The summed E-state index contributed by atoms with van der Waals surface area (Å²) in [5, 5.41) is 9.88. The van der Waals surface area contributed by atoms with E-state index >= 15 is 0 Å². The molecule has 2 nitrogen and oxygen atoms in total. The van der Waals surface area contributed by atoms with Gasteiger partial charge < -0.3 is 10.8 Å². The van der Waals surface area contributed by atoms with E-state index in [9.17, 15) is 5.11 Å². The molecular formula is C13H17NO. The molecule has 1 aromatic rings. The van der Waals surface area contributed by atoms with E-state index in [-0.39, 0.29) is 5.41 Å². The van der Waals surface area contributed by atoms with Gasteiger partial charge in [-0.25, -0.2) is 0 Å². The van der Waals surface area contributed by atoms with Gasteiger partial charge in [0.05, 0.1) is 0 Å². The number of benzene rings is 1. The minimum Gasteiger partial charge on any atom is -0.507 e. The van der Waals surface area contributed by atoms with Crippen molar-refractivity contribution in [3.8, 4) is 5.75 Å². The van der Waals surface area contributed by atoms with Gasteiger partial charge in [0.2, 0.25) is 0 Å². The quantitative estimate of drug-likeness (QED) is 0.774. The number of nitrogens with two attached hydrogens (primary N) is 1. The van der Waals surface area contributed by atoms with Crippen molar-refractivity contribution < 1.29 is 5.11 Å². The number of hydrogen-bond acceptors (Lipinski definition) is 2. The highest BCUT2D eigenvalue weighted by Gasteiger charge is 2.29. The summed E-state index contributed by atoms with van der Waals surface area (Å²) < 4.78 is 0. The average molecular weight is 203 g/mol. The Morgan fingerprint density at radius 1 is 1.40 bits per heavy atom. The highest BCUT2D eigenvalue weighted by Crippen LogP contribution is 2.43. The molecule has 0 saturated heterocycles. The molecule has 0 amide bonds. The molecule has 1 aliphatic carbocycles. The first kappa shape index (κ1) is 10.2. The van der Waals surface area contributed by atoms with Gasteiger partial charge in [0, 0.05) is 17.5 Å². The molecule has 0 unspecified atom stereocenters. The minimum atomic E-state index is -0.0654. The number of phenolic OH excluding ortho intramolecular Hbond substituents is 1. The molecule has 0 aliphatic heterocycles. The van der Waals surface area contributed by atoms with Crippen LogP contribution in [0.3, 0.4) is 0 Å². The Hall–Kier alpha value is -1.28. The van der Waals surface area contributed by atoms with E-state index < -0.39 is 0 Å². The van der Waals surface area contributed by atoms with Crippen LogP contribution in [0.5, 0.6) is 5.75 Å². The Morgan fingerprint density at radius 2 is 2.13 bits per heavy atom. The van der Waals surface area contributed by atoms with Gasteiger partial charge in [0.25, 0.3) is 0 Å². The number of rotatable bonds is 2. The summed E-state index contributed by atoms with van der Waals surface area (Å²) in [5.74, 6) is 0.373. The summed E-state index contributed by atoms with van der Waals surface area (Å²) in [6.07, 6.45) is 3.08. The van der Waals surface area contributed by atoms with Gasteiger partial charge in [-0.2, -0.15) is 0 Å². The molecule has 0 atom stereocenters. The SMILES string of the molecule is CC(C)(CN)C1=CCc2cccc(O)c21. The summed E-state index contributed by atoms with van der Waals surface area (Å²) in [6.45, 7) is 4.81. The fourth-order valence-electron chi connectivity index (χ4n) is 2.11. The summed E-state index contributed by atoms with van der Waals surface area (Å²) >= 11 is 0. The van der Waals surface area contributed by atoms with Crippen LogP contribution in [-0.2, 0) is 6.42 Å². The molecule has 0 aromatic heterocycles. The fourth-order valence-corrected chi connectivity index (χ4v) is 2.11. The van der Waals surface area contributed by atoms with Crippen LogP contribution in [0.4, 0.5) is 0 Å². The molecule has 2 heteroatoms. The highest BCUT2D eigenvalue weighted by atomic mass is 16.3. The Morgan fingerprint density at radius 3 is 2.80 bits per heavy atom. The van der Waals surface area contributed by atoms with E-state index in [1.165, 1.54) is 11.1 Å². The van der Waals surface area contributed by atoms with Crippen molar-refractivity contribution in [2.45, 2.75) is 20.3 Å². The van der Waals surface area contributed by atoms with E-state index in [1.807, 2.05) is 6.07 Å². The molecule has 0 bridgehead atoms. The van der Waals surface area contributed by atoms with Crippen LogP contribution in [0.25, 0.3) is 5.57 Å². The van der Waals surface area contributed by atoms with Gasteiger partial charge in [-0.3, -0.25) is 0 Å². The third-order valence-electron chi connectivity index (χ3n) is 3.16. The summed E-state index contributed by atoms with van der Waals surface area (Å²) in [6, 6.07) is 5.69. The molecule has 0 radical (unpaired) electrons. The molecule has 0 heterocycles. The number of aromatic hydroxyl groups is 1. The second kappa shape index (κ2) is 3.38. The van der Waals surface area contributed by atoms with Crippen LogP contribution >= 0.6 is 0 Å². The van der Waals surface area contributed by atoms with Crippen molar-refractivity contribution in [1.82, 2.24) is 0 Å². The van der Waals surface area contributed by atoms with E-state index in [4.69, 9.17) is 5.73 Å². The van der Waals surface area contributed by atoms with E-state index in [1.54, 1.807) is 6.07 Å². The van der Waals surface area contributed by atoms with E-state index in [0.717, 1.165) is 12.0 Å². The molecule has 1 aliphatic rings. The molecule has 0 fully saturated rings. The first-order valence-corrected chi connectivity index (χ1v) is 5.28. The van der Waals surface area contributed by atoms with Crippen molar-refractivity contribution in [3.63, 3.8) is 0 Å². The Balaban J connectivity index is 2.51. The van der Waals surface area contributed by atoms with Gasteiger partial charge in [-0.15, -0.1) is 0 Å². The molecular weight excluding hydrogens is 186 g/mol. The lowest BCUT2D eigenvalue weighted by Crippen LogP contribution is -2.24. The Kier molecular flexibility index (Phi) is 2.31. The van der Waals surface area contributed by atoms with Crippen molar-refractivity contribution in [2.75, 3.05) is 6.54 Å². The Bertz CT molecular complexity index is 419. The minimum absolute atomic E-state index is 0.0654. The molecule has 3 N–H and O–H groups in total. The first-order valence-electron chi connectivity index (χ1n) is 5.28. The lowest BCUT2D eigenvalue weighted by Gasteiger charge is -2.25. The molecule has 0 saturated carbocycles. The zero-order chi connectivity index (χ0) is 11.1. The van der Waals surface area contributed by atoms with Gasteiger partial charge in [-0.05, 0) is 23.6 Å². The predicted octanol–water partition coefficient (Wildman–Crippen LogP) is 2.32. The van der Waals surface area contributed by atoms with Crippen LogP contribution in [0.15, 0.2) is 24.3 Å². The largest absolute Gasteiger partial charge is 0.507 e. The molecule has 0 spiro atoms. The maximum absolute atomic E-state index is 9.88. The Labute approximate surface area is 90.4 Å². The smallest absolute Gasteiger partial charge is 0.123 e. The maximum Gasteiger partial charge on any atom is 0.123 e. The monoisotopic (exact) mass is 203 g/mol.